The molecule has 5 aromatic rings. The van der Waals surface area contributed by atoms with Gasteiger partial charge in [0.25, 0.3) is 5.91 Å². The minimum absolute atomic E-state index is 0.0791. The average molecular weight is 547 g/mol. The van der Waals surface area contributed by atoms with Crippen molar-refractivity contribution in [2.75, 3.05) is 16.8 Å². The van der Waals surface area contributed by atoms with Crippen LogP contribution in [-0.4, -0.2) is 32.2 Å². The molecule has 40 heavy (non-hydrogen) atoms. The molecule has 0 aliphatic carbocycles. The monoisotopic (exact) mass is 546 g/mol. The summed E-state index contributed by atoms with van der Waals surface area (Å²) in [6.07, 6.45) is 5.57. The van der Waals surface area contributed by atoms with Gasteiger partial charge in [0, 0.05) is 35.7 Å². The average Bonchev–Trinajstić information content (AvgIpc) is 3.62. The van der Waals surface area contributed by atoms with E-state index in [9.17, 15) is 4.79 Å². The zero-order valence-corrected chi connectivity index (χ0v) is 22.2. The Balaban J connectivity index is 1.27. The zero-order valence-electron chi connectivity index (χ0n) is 21.4. The Morgan fingerprint density at radius 2 is 1.62 bits per heavy atom. The van der Waals surface area contributed by atoms with Gasteiger partial charge in [-0.05, 0) is 85.0 Å². The van der Waals surface area contributed by atoms with Crippen LogP contribution < -0.4 is 20.3 Å². The molecule has 2 atom stereocenters. The van der Waals surface area contributed by atoms with Crippen LogP contribution >= 0.6 is 12.2 Å². The largest absolute Gasteiger partial charge is 0.484 e. The van der Waals surface area contributed by atoms with Gasteiger partial charge in [-0.1, -0.05) is 30.3 Å². The molecule has 1 aliphatic rings. The fourth-order valence-corrected chi connectivity index (χ4v) is 5.19. The number of ether oxygens (including phenoxy) is 1. The summed E-state index contributed by atoms with van der Waals surface area (Å²) in [5.74, 6) is 1.22. The summed E-state index contributed by atoms with van der Waals surface area (Å²) in [5, 5.41) is 6.97. The summed E-state index contributed by atoms with van der Waals surface area (Å²) in [5.41, 5.74) is 3.44. The smallest absolute Gasteiger partial charge is 0.262 e. The molecule has 0 saturated carbocycles. The highest BCUT2D eigenvalue weighted by atomic mass is 32.1. The number of rotatable bonds is 8. The lowest BCUT2D eigenvalue weighted by molar-refractivity contribution is -0.118. The van der Waals surface area contributed by atoms with E-state index in [0.717, 1.165) is 22.9 Å². The number of para-hydroxylation sites is 1. The molecule has 1 fully saturated rings. The van der Waals surface area contributed by atoms with Gasteiger partial charge in [-0.2, -0.15) is 0 Å². The van der Waals surface area contributed by atoms with E-state index in [-0.39, 0.29) is 24.6 Å². The van der Waals surface area contributed by atoms with Gasteiger partial charge < -0.3 is 24.8 Å². The topological polar surface area (TPSA) is 84.3 Å². The maximum atomic E-state index is 12.5. The molecule has 0 unspecified atom stereocenters. The third-order valence-corrected chi connectivity index (χ3v) is 6.93. The maximum Gasteiger partial charge on any atom is 0.262 e. The Morgan fingerprint density at radius 3 is 2.35 bits per heavy atom. The van der Waals surface area contributed by atoms with Crippen molar-refractivity contribution < 1.29 is 9.53 Å². The second-order valence-corrected chi connectivity index (χ2v) is 9.57. The van der Waals surface area contributed by atoms with E-state index in [4.69, 9.17) is 17.0 Å². The molecule has 9 heteroatoms. The van der Waals surface area contributed by atoms with Crippen LogP contribution in [0.4, 0.5) is 11.4 Å². The highest BCUT2D eigenvalue weighted by molar-refractivity contribution is 7.80. The van der Waals surface area contributed by atoms with Crippen LogP contribution in [0.25, 0.3) is 5.82 Å². The van der Waals surface area contributed by atoms with Gasteiger partial charge in [0.1, 0.15) is 17.6 Å². The first-order valence-corrected chi connectivity index (χ1v) is 13.3. The summed E-state index contributed by atoms with van der Waals surface area (Å²) < 4.78 is 7.63. The Labute approximate surface area is 237 Å². The van der Waals surface area contributed by atoms with Gasteiger partial charge in [0.05, 0.1) is 11.7 Å². The lowest BCUT2D eigenvalue weighted by atomic mass is 10.0. The number of nitrogens with zero attached hydrogens (tertiary/aromatic N) is 4. The highest BCUT2D eigenvalue weighted by Gasteiger charge is 2.42. The van der Waals surface area contributed by atoms with Crippen molar-refractivity contribution in [1.82, 2.24) is 19.9 Å². The Hall–Kier alpha value is -5.02. The number of anilines is 2. The molecule has 0 radical (unpaired) electrons. The van der Waals surface area contributed by atoms with Crippen molar-refractivity contribution in [2.24, 2.45) is 0 Å². The summed E-state index contributed by atoms with van der Waals surface area (Å²) in [7, 11) is 0. The predicted molar refractivity (Wildman–Crippen MR) is 159 cm³/mol. The lowest BCUT2D eigenvalue weighted by Crippen LogP contribution is -2.30. The summed E-state index contributed by atoms with van der Waals surface area (Å²) in [6, 6.07) is 32.3. The van der Waals surface area contributed by atoms with Crippen molar-refractivity contribution in [3.63, 3.8) is 0 Å². The summed E-state index contributed by atoms with van der Waals surface area (Å²) >= 11 is 5.87. The molecule has 2 aromatic carbocycles. The van der Waals surface area contributed by atoms with Crippen LogP contribution in [0.5, 0.6) is 5.75 Å². The third kappa shape index (κ3) is 5.27. The maximum absolute atomic E-state index is 12.5. The predicted octanol–water partition coefficient (Wildman–Crippen LogP) is 5.46. The first-order valence-electron chi connectivity index (χ1n) is 12.8. The van der Waals surface area contributed by atoms with E-state index in [0.29, 0.717) is 16.5 Å². The first-order chi connectivity index (χ1) is 19.7. The second kappa shape index (κ2) is 11.4. The van der Waals surface area contributed by atoms with E-state index in [1.807, 2.05) is 103 Å². The van der Waals surface area contributed by atoms with Crippen LogP contribution in [0.2, 0.25) is 0 Å². The van der Waals surface area contributed by atoms with Gasteiger partial charge in [-0.25, -0.2) is 4.98 Å². The number of pyridine rings is 2. The Kier molecular flexibility index (Phi) is 7.19. The highest BCUT2D eigenvalue weighted by Crippen LogP contribution is 2.42. The molecule has 2 N–H and O–H groups in total. The third-order valence-electron chi connectivity index (χ3n) is 6.62. The standard InChI is InChI=1S/C31H26N6O2S/c38-28(21-39-24-9-2-1-3-10-24)34-22-14-16-23(17-15-22)37-30(29(35-31(37)40)25-11-4-6-18-32-25)26-12-8-20-36(26)27-13-5-7-19-33-27/h1-20,29-30H,21H2,(H,34,38)(H,35,40)/t29-,30-/m0/s1. The van der Waals surface area contributed by atoms with Crippen LogP contribution in [0.15, 0.2) is 122 Å². The van der Waals surface area contributed by atoms with Crippen molar-refractivity contribution >= 4 is 34.6 Å². The molecule has 1 aliphatic heterocycles. The quantitative estimate of drug-likeness (QED) is 0.250. The minimum atomic E-state index is -0.240. The second-order valence-electron chi connectivity index (χ2n) is 9.18. The number of thiocarbonyl (C=S) groups is 1. The lowest BCUT2D eigenvalue weighted by Gasteiger charge is -2.29. The molecule has 4 heterocycles. The van der Waals surface area contributed by atoms with Crippen molar-refractivity contribution in [3.8, 4) is 11.6 Å². The number of aromatic nitrogens is 3. The zero-order chi connectivity index (χ0) is 27.3. The van der Waals surface area contributed by atoms with Gasteiger partial charge in [-0.15, -0.1) is 0 Å². The summed E-state index contributed by atoms with van der Waals surface area (Å²) in [4.78, 5) is 23.8. The Morgan fingerprint density at radius 1 is 0.875 bits per heavy atom. The molecule has 0 spiro atoms. The molecule has 1 amide bonds. The van der Waals surface area contributed by atoms with Gasteiger partial charge >= 0.3 is 0 Å². The Bertz CT molecular complexity index is 1590. The van der Waals surface area contributed by atoms with Crippen molar-refractivity contribution in [3.05, 3.63) is 133 Å². The van der Waals surface area contributed by atoms with Gasteiger partial charge in [0.15, 0.2) is 11.7 Å². The molecule has 198 valence electrons. The first kappa shape index (κ1) is 25.3. The number of hydrogen-bond acceptors (Lipinski definition) is 5. The van der Waals surface area contributed by atoms with Crippen LogP contribution in [0.3, 0.4) is 0 Å². The van der Waals surface area contributed by atoms with E-state index >= 15 is 0 Å². The van der Waals surface area contributed by atoms with Gasteiger partial charge in [-0.3, -0.25) is 9.78 Å². The fourth-order valence-electron chi connectivity index (χ4n) is 4.84. The van der Waals surface area contributed by atoms with E-state index in [1.165, 1.54) is 0 Å². The molecular formula is C31H26N6O2S. The molecule has 6 rings (SSSR count). The van der Waals surface area contributed by atoms with Crippen LogP contribution in [0, 0.1) is 0 Å². The van der Waals surface area contributed by atoms with Crippen molar-refractivity contribution in [2.45, 2.75) is 12.1 Å². The summed E-state index contributed by atoms with van der Waals surface area (Å²) in [6.45, 7) is -0.0791. The van der Waals surface area contributed by atoms with Gasteiger partial charge in [0.2, 0.25) is 0 Å². The number of nitrogens with one attached hydrogen (secondary N) is 2. The van der Waals surface area contributed by atoms with E-state index < -0.39 is 0 Å². The van der Waals surface area contributed by atoms with E-state index in [2.05, 4.69) is 36.1 Å². The number of carbonyl (C=O) groups excluding carboxylic acids is 1. The van der Waals surface area contributed by atoms with E-state index in [1.54, 1.807) is 12.4 Å². The molecular weight excluding hydrogens is 520 g/mol. The number of benzene rings is 2. The molecule has 1 saturated heterocycles. The number of hydrogen-bond donors (Lipinski definition) is 2. The number of amides is 1. The molecule has 8 nitrogen and oxygen atoms in total. The van der Waals surface area contributed by atoms with Crippen LogP contribution in [-0.2, 0) is 4.79 Å². The van der Waals surface area contributed by atoms with Crippen molar-refractivity contribution in [1.29, 1.82) is 0 Å². The minimum Gasteiger partial charge on any atom is -0.484 e. The fraction of sp³-hybridized carbons (Fsp3) is 0.0968. The number of carbonyl (C=O) groups is 1. The SMILES string of the molecule is O=C(COc1ccccc1)Nc1ccc(N2C(=S)N[C@@H](c3ccccn3)[C@@H]2c2cccn2-c2ccccn2)cc1. The van der Waals surface area contributed by atoms with Crippen LogP contribution in [0.1, 0.15) is 23.5 Å². The molecule has 0 bridgehead atoms. The normalized spacial score (nSPS) is 16.4. The molecule has 3 aromatic heterocycles.